The highest BCUT2D eigenvalue weighted by Crippen LogP contribution is 2.20. The lowest BCUT2D eigenvalue weighted by molar-refractivity contribution is -0.115. The van der Waals surface area contributed by atoms with Gasteiger partial charge in [0.15, 0.2) is 5.76 Å². The lowest BCUT2D eigenvalue weighted by Crippen LogP contribution is -2.14. The number of aromatic nitrogens is 2. The standard InChI is InChI=1S/C15H13N3O4/c1-20-11-5-2-4-10(8-11)9-13(19)16-15-18-17-14(22-15)12-6-3-7-21-12/h2-8H,9H2,1H3,(H,16,18,19). The van der Waals surface area contributed by atoms with Crippen molar-refractivity contribution in [3.63, 3.8) is 0 Å². The number of benzene rings is 1. The van der Waals surface area contributed by atoms with E-state index in [-0.39, 0.29) is 24.2 Å². The first-order chi connectivity index (χ1) is 10.7. The van der Waals surface area contributed by atoms with E-state index in [1.807, 2.05) is 18.2 Å². The third-order valence-corrected chi connectivity index (χ3v) is 2.90. The molecule has 7 heteroatoms. The van der Waals surface area contributed by atoms with E-state index >= 15 is 0 Å². The fraction of sp³-hybridized carbons (Fsp3) is 0.133. The van der Waals surface area contributed by atoms with E-state index in [0.717, 1.165) is 5.56 Å². The molecule has 3 aromatic rings. The molecule has 0 saturated heterocycles. The van der Waals surface area contributed by atoms with Gasteiger partial charge >= 0.3 is 6.01 Å². The van der Waals surface area contributed by atoms with Crippen molar-refractivity contribution in [3.8, 4) is 17.4 Å². The van der Waals surface area contributed by atoms with E-state index in [1.54, 1.807) is 25.3 Å². The minimum Gasteiger partial charge on any atom is -0.497 e. The highest BCUT2D eigenvalue weighted by Gasteiger charge is 2.13. The van der Waals surface area contributed by atoms with Gasteiger partial charge in [-0.1, -0.05) is 17.2 Å². The van der Waals surface area contributed by atoms with Gasteiger partial charge in [-0.3, -0.25) is 10.1 Å². The number of anilines is 1. The molecule has 1 N–H and O–H groups in total. The van der Waals surface area contributed by atoms with E-state index in [1.165, 1.54) is 6.26 Å². The Morgan fingerprint density at radius 3 is 2.95 bits per heavy atom. The Labute approximate surface area is 125 Å². The summed E-state index contributed by atoms with van der Waals surface area (Å²) in [5, 5.41) is 10.1. The van der Waals surface area contributed by atoms with Crippen molar-refractivity contribution >= 4 is 11.9 Å². The van der Waals surface area contributed by atoms with Crippen molar-refractivity contribution in [2.75, 3.05) is 12.4 Å². The van der Waals surface area contributed by atoms with Crippen molar-refractivity contribution in [2.45, 2.75) is 6.42 Å². The molecule has 7 nitrogen and oxygen atoms in total. The molecule has 3 rings (SSSR count). The second-order valence-corrected chi connectivity index (χ2v) is 4.47. The minimum absolute atomic E-state index is 0.0271. The maximum absolute atomic E-state index is 12.0. The Kier molecular flexibility index (Phi) is 3.86. The Bertz CT molecular complexity index is 765. The molecule has 2 heterocycles. The van der Waals surface area contributed by atoms with Gasteiger partial charge in [0.05, 0.1) is 19.8 Å². The number of carbonyl (C=O) groups is 1. The fourth-order valence-corrected chi connectivity index (χ4v) is 1.90. The molecular weight excluding hydrogens is 286 g/mol. The van der Waals surface area contributed by atoms with Crippen LogP contribution in [0, 0.1) is 0 Å². The number of hydrogen-bond acceptors (Lipinski definition) is 6. The van der Waals surface area contributed by atoms with E-state index in [2.05, 4.69) is 15.5 Å². The topological polar surface area (TPSA) is 90.4 Å². The normalized spacial score (nSPS) is 10.4. The first-order valence-corrected chi connectivity index (χ1v) is 6.55. The Morgan fingerprint density at radius 2 is 2.18 bits per heavy atom. The molecular formula is C15H13N3O4. The summed E-state index contributed by atoms with van der Waals surface area (Å²) in [5.74, 6) is 1.09. The maximum atomic E-state index is 12.0. The van der Waals surface area contributed by atoms with Gasteiger partial charge < -0.3 is 13.6 Å². The predicted octanol–water partition coefficient (Wildman–Crippen LogP) is 2.52. The molecule has 2 aromatic heterocycles. The smallest absolute Gasteiger partial charge is 0.322 e. The van der Waals surface area contributed by atoms with Gasteiger partial charge in [0.25, 0.3) is 5.89 Å². The van der Waals surface area contributed by atoms with E-state index in [9.17, 15) is 4.79 Å². The number of hydrogen-bond donors (Lipinski definition) is 1. The summed E-state index contributed by atoms with van der Waals surface area (Å²) in [6.07, 6.45) is 1.68. The molecule has 0 spiro atoms. The van der Waals surface area contributed by atoms with Gasteiger partial charge in [-0.15, -0.1) is 5.10 Å². The van der Waals surface area contributed by atoms with Crippen LogP contribution >= 0.6 is 0 Å². The minimum atomic E-state index is -0.261. The van der Waals surface area contributed by atoms with E-state index < -0.39 is 0 Å². The van der Waals surface area contributed by atoms with Crippen LogP contribution in [0.3, 0.4) is 0 Å². The number of furan rings is 1. The summed E-state index contributed by atoms with van der Waals surface area (Å²) in [4.78, 5) is 12.0. The van der Waals surface area contributed by atoms with Gasteiger partial charge in [-0.2, -0.15) is 0 Å². The molecule has 0 radical (unpaired) electrons. The molecule has 112 valence electrons. The van der Waals surface area contributed by atoms with Crippen molar-refractivity contribution in [3.05, 3.63) is 48.2 Å². The second-order valence-electron chi connectivity index (χ2n) is 4.47. The third-order valence-electron chi connectivity index (χ3n) is 2.90. The number of nitrogens with zero attached hydrogens (tertiary/aromatic N) is 2. The molecule has 0 unspecified atom stereocenters. The third kappa shape index (κ3) is 3.14. The van der Waals surface area contributed by atoms with Crippen LogP contribution in [0.1, 0.15) is 5.56 Å². The summed E-state index contributed by atoms with van der Waals surface area (Å²) in [6, 6.07) is 10.7. The van der Waals surface area contributed by atoms with Crippen molar-refractivity contribution < 1.29 is 18.4 Å². The number of carbonyl (C=O) groups excluding carboxylic acids is 1. The van der Waals surface area contributed by atoms with Gasteiger partial charge in [-0.05, 0) is 29.8 Å². The zero-order chi connectivity index (χ0) is 15.4. The van der Waals surface area contributed by atoms with Gasteiger partial charge in [0, 0.05) is 0 Å². The highest BCUT2D eigenvalue weighted by molar-refractivity contribution is 5.90. The lowest BCUT2D eigenvalue weighted by Gasteiger charge is -2.03. The number of methoxy groups -OCH3 is 1. The van der Waals surface area contributed by atoms with Crippen LogP contribution in [0.5, 0.6) is 5.75 Å². The second kappa shape index (κ2) is 6.13. The Hall–Kier alpha value is -3.09. The SMILES string of the molecule is COc1cccc(CC(=O)Nc2nnc(-c3ccco3)o2)c1. The maximum Gasteiger partial charge on any atom is 0.322 e. The predicted molar refractivity (Wildman–Crippen MR) is 77.3 cm³/mol. The number of nitrogens with one attached hydrogen (secondary N) is 1. The molecule has 0 aliphatic rings. The summed E-state index contributed by atoms with van der Waals surface area (Å²) in [6.45, 7) is 0. The van der Waals surface area contributed by atoms with Crippen molar-refractivity contribution in [1.29, 1.82) is 0 Å². The molecule has 1 aromatic carbocycles. The van der Waals surface area contributed by atoms with Crippen LogP contribution in [-0.4, -0.2) is 23.2 Å². The average Bonchev–Trinajstić information content (AvgIpc) is 3.18. The molecule has 0 aliphatic carbocycles. The van der Waals surface area contributed by atoms with Crippen LogP contribution in [0.15, 0.2) is 51.5 Å². The summed E-state index contributed by atoms with van der Waals surface area (Å²) in [7, 11) is 1.58. The molecule has 0 fully saturated rings. The van der Waals surface area contributed by atoms with Crippen LogP contribution in [0.4, 0.5) is 6.01 Å². The van der Waals surface area contributed by atoms with Crippen LogP contribution in [0.2, 0.25) is 0 Å². The van der Waals surface area contributed by atoms with Crippen LogP contribution < -0.4 is 10.1 Å². The largest absolute Gasteiger partial charge is 0.497 e. The monoisotopic (exact) mass is 299 g/mol. The summed E-state index contributed by atoms with van der Waals surface area (Å²) < 4.78 is 15.6. The molecule has 0 aliphatic heterocycles. The quantitative estimate of drug-likeness (QED) is 0.778. The Morgan fingerprint density at radius 1 is 1.27 bits per heavy atom. The first-order valence-electron chi connectivity index (χ1n) is 6.55. The zero-order valence-electron chi connectivity index (χ0n) is 11.8. The number of ether oxygens (including phenoxy) is 1. The number of rotatable bonds is 5. The van der Waals surface area contributed by atoms with Crippen molar-refractivity contribution in [2.24, 2.45) is 0 Å². The van der Waals surface area contributed by atoms with Gasteiger partial charge in [0.1, 0.15) is 5.75 Å². The molecule has 0 saturated carbocycles. The number of amides is 1. The average molecular weight is 299 g/mol. The molecule has 22 heavy (non-hydrogen) atoms. The summed E-state index contributed by atoms with van der Waals surface area (Å²) in [5.41, 5.74) is 0.822. The van der Waals surface area contributed by atoms with Gasteiger partial charge in [0.2, 0.25) is 5.91 Å². The van der Waals surface area contributed by atoms with Crippen LogP contribution in [0.25, 0.3) is 11.7 Å². The molecule has 1 amide bonds. The van der Waals surface area contributed by atoms with E-state index in [0.29, 0.717) is 11.5 Å². The summed E-state index contributed by atoms with van der Waals surface area (Å²) >= 11 is 0. The molecule has 0 bridgehead atoms. The fourth-order valence-electron chi connectivity index (χ4n) is 1.90. The van der Waals surface area contributed by atoms with Crippen LogP contribution in [-0.2, 0) is 11.2 Å². The first kappa shape index (κ1) is 13.9. The highest BCUT2D eigenvalue weighted by atomic mass is 16.5. The van der Waals surface area contributed by atoms with Crippen molar-refractivity contribution in [1.82, 2.24) is 10.2 Å². The van der Waals surface area contributed by atoms with E-state index in [4.69, 9.17) is 13.6 Å². The Balaban J connectivity index is 1.64. The zero-order valence-corrected chi connectivity index (χ0v) is 11.8. The molecule has 0 atom stereocenters. The lowest BCUT2D eigenvalue weighted by atomic mass is 10.1. The van der Waals surface area contributed by atoms with Gasteiger partial charge in [-0.25, -0.2) is 0 Å².